The molecule has 2 heterocycles. The fraction of sp³-hybridized carbons (Fsp3) is 0.706. The normalized spacial score (nSPS) is 19.3. The summed E-state index contributed by atoms with van der Waals surface area (Å²) in [6, 6.07) is 2.91. The van der Waals surface area contributed by atoms with E-state index in [0.29, 0.717) is 6.04 Å². The number of hydrogen-bond donors (Lipinski definition) is 1. The predicted octanol–water partition coefficient (Wildman–Crippen LogP) is 2.42. The first-order chi connectivity index (χ1) is 10.1. The van der Waals surface area contributed by atoms with E-state index >= 15 is 0 Å². The minimum absolute atomic E-state index is 0.656. The number of nitrogens with one attached hydrogen (secondary N) is 1. The molecule has 4 nitrogen and oxygen atoms in total. The second kappa shape index (κ2) is 7.76. The first kappa shape index (κ1) is 16.2. The van der Waals surface area contributed by atoms with E-state index in [1.807, 2.05) is 6.20 Å². The molecule has 0 aliphatic carbocycles. The minimum Gasteiger partial charge on any atom is -0.370 e. The van der Waals surface area contributed by atoms with Crippen LogP contribution in [0.25, 0.3) is 0 Å². The zero-order chi connectivity index (χ0) is 15.2. The molecular formula is C17H30N4. The van der Waals surface area contributed by atoms with Crippen LogP contribution in [0.2, 0.25) is 0 Å². The summed E-state index contributed by atoms with van der Waals surface area (Å²) >= 11 is 0. The van der Waals surface area contributed by atoms with E-state index in [4.69, 9.17) is 0 Å². The third kappa shape index (κ3) is 4.42. The van der Waals surface area contributed by atoms with Crippen LogP contribution in [0.3, 0.4) is 0 Å². The van der Waals surface area contributed by atoms with Gasteiger partial charge in [-0.05, 0) is 52.9 Å². The Bertz CT molecular complexity index is 444. The van der Waals surface area contributed by atoms with Crippen molar-refractivity contribution in [2.75, 3.05) is 38.6 Å². The molecule has 1 atom stereocenters. The molecule has 21 heavy (non-hydrogen) atoms. The van der Waals surface area contributed by atoms with Gasteiger partial charge in [-0.15, -0.1) is 0 Å². The average molecular weight is 290 g/mol. The number of likely N-dealkylation sites (N-methyl/N-ethyl adjacent to an activating group) is 1. The lowest BCUT2D eigenvalue weighted by Gasteiger charge is -2.38. The summed E-state index contributed by atoms with van der Waals surface area (Å²) < 4.78 is 0. The number of hydrogen-bond acceptors (Lipinski definition) is 4. The molecule has 1 unspecified atom stereocenters. The number of nitrogens with zero attached hydrogens (tertiary/aromatic N) is 3. The Labute approximate surface area is 129 Å². The van der Waals surface area contributed by atoms with Crippen LogP contribution in [-0.4, -0.2) is 49.7 Å². The summed E-state index contributed by atoms with van der Waals surface area (Å²) in [5.41, 5.74) is 3.81. The van der Waals surface area contributed by atoms with Crippen molar-refractivity contribution in [1.82, 2.24) is 15.2 Å². The van der Waals surface area contributed by atoms with Crippen LogP contribution >= 0.6 is 0 Å². The SMILES string of the molecule is CCCNCc1cnc(C)cc1N1CCCC(N(C)C)C1. The first-order valence-corrected chi connectivity index (χ1v) is 8.19. The number of aryl methyl sites for hydroxylation is 1. The highest BCUT2D eigenvalue weighted by atomic mass is 15.2. The molecule has 4 heteroatoms. The van der Waals surface area contributed by atoms with E-state index in [-0.39, 0.29) is 0 Å². The van der Waals surface area contributed by atoms with Gasteiger partial charge in [0.2, 0.25) is 0 Å². The van der Waals surface area contributed by atoms with Crippen LogP contribution in [0, 0.1) is 6.92 Å². The van der Waals surface area contributed by atoms with Gasteiger partial charge in [-0.1, -0.05) is 6.92 Å². The Morgan fingerprint density at radius 1 is 1.43 bits per heavy atom. The highest BCUT2D eigenvalue weighted by molar-refractivity contribution is 5.54. The molecule has 1 aromatic rings. The molecule has 2 rings (SSSR count). The van der Waals surface area contributed by atoms with Gasteiger partial charge < -0.3 is 15.1 Å². The minimum atomic E-state index is 0.656. The smallest absolute Gasteiger partial charge is 0.0446 e. The zero-order valence-corrected chi connectivity index (χ0v) is 14.0. The van der Waals surface area contributed by atoms with Gasteiger partial charge >= 0.3 is 0 Å². The maximum atomic E-state index is 4.49. The maximum absolute atomic E-state index is 4.49. The van der Waals surface area contributed by atoms with Crippen molar-refractivity contribution in [1.29, 1.82) is 0 Å². The molecule has 1 saturated heterocycles. The quantitative estimate of drug-likeness (QED) is 0.815. The first-order valence-electron chi connectivity index (χ1n) is 8.19. The highest BCUT2D eigenvalue weighted by Gasteiger charge is 2.23. The van der Waals surface area contributed by atoms with Crippen LogP contribution in [0.4, 0.5) is 5.69 Å². The molecule has 1 aliphatic rings. The van der Waals surface area contributed by atoms with E-state index in [9.17, 15) is 0 Å². The standard InChI is InChI=1S/C17H30N4/c1-5-8-18-11-15-12-19-14(2)10-17(15)21-9-6-7-16(13-21)20(3)4/h10,12,16,18H,5-9,11,13H2,1-4H3. The van der Waals surface area contributed by atoms with Crippen molar-refractivity contribution in [3.05, 3.63) is 23.5 Å². The van der Waals surface area contributed by atoms with Crippen LogP contribution < -0.4 is 10.2 Å². The lowest BCUT2D eigenvalue weighted by atomic mass is 10.0. The van der Waals surface area contributed by atoms with Crippen molar-refractivity contribution >= 4 is 5.69 Å². The molecule has 1 fully saturated rings. The molecule has 0 radical (unpaired) electrons. The highest BCUT2D eigenvalue weighted by Crippen LogP contribution is 2.25. The number of pyridine rings is 1. The number of aromatic nitrogens is 1. The van der Waals surface area contributed by atoms with E-state index < -0.39 is 0 Å². The van der Waals surface area contributed by atoms with E-state index in [1.165, 1.54) is 30.5 Å². The van der Waals surface area contributed by atoms with Gasteiger partial charge in [-0.2, -0.15) is 0 Å². The van der Waals surface area contributed by atoms with Crippen LogP contribution in [-0.2, 0) is 6.54 Å². The second-order valence-electron chi connectivity index (χ2n) is 6.34. The van der Waals surface area contributed by atoms with Gasteiger partial charge in [-0.25, -0.2) is 0 Å². The van der Waals surface area contributed by atoms with Crippen molar-refractivity contribution in [3.8, 4) is 0 Å². The fourth-order valence-electron chi connectivity index (χ4n) is 3.00. The Balaban J connectivity index is 2.14. The largest absolute Gasteiger partial charge is 0.370 e. The molecule has 0 spiro atoms. The average Bonchev–Trinajstić information content (AvgIpc) is 2.49. The topological polar surface area (TPSA) is 31.4 Å². The molecule has 0 saturated carbocycles. The van der Waals surface area contributed by atoms with Crippen molar-refractivity contribution in [2.24, 2.45) is 0 Å². The Morgan fingerprint density at radius 3 is 2.95 bits per heavy atom. The fourth-order valence-corrected chi connectivity index (χ4v) is 3.00. The van der Waals surface area contributed by atoms with Gasteiger partial charge in [0.05, 0.1) is 0 Å². The Kier molecular flexibility index (Phi) is 6.00. The van der Waals surface area contributed by atoms with Gasteiger partial charge in [0.25, 0.3) is 0 Å². The van der Waals surface area contributed by atoms with Crippen molar-refractivity contribution < 1.29 is 0 Å². The number of anilines is 1. The third-order valence-electron chi connectivity index (χ3n) is 4.31. The van der Waals surface area contributed by atoms with Crippen LogP contribution in [0.1, 0.15) is 37.4 Å². The third-order valence-corrected chi connectivity index (χ3v) is 4.31. The molecule has 0 aromatic carbocycles. The lowest BCUT2D eigenvalue weighted by molar-refractivity contribution is 0.258. The molecule has 1 aliphatic heterocycles. The maximum Gasteiger partial charge on any atom is 0.0446 e. The zero-order valence-electron chi connectivity index (χ0n) is 14.0. The Morgan fingerprint density at radius 2 is 2.24 bits per heavy atom. The van der Waals surface area contributed by atoms with E-state index in [0.717, 1.165) is 31.9 Å². The number of rotatable bonds is 6. The summed E-state index contributed by atoms with van der Waals surface area (Å²) in [5, 5.41) is 3.51. The second-order valence-corrected chi connectivity index (χ2v) is 6.34. The van der Waals surface area contributed by atoms with Gasteiger partial charge in [0, 0.05) is 48.8 Å². The van der Waals surface area contributed by atoms with Gasteiger partial charge in [0.15, 0.2) is 0 Å². The monoisotopic (exact) mass is 290 g/mol. The molecule has 118 valence electrons. The molecule has 0 bridgehead atoms. The molecule has 1 N–H and O–H groups in total. The summed E-state index contributed by atoms with van der Waals surface area (Å²) in [6.07, 6.45) is 5.79. The van der Waals surface area contributed by atoms with Gasteiger partial charge in [0.1, 0.15) is 0 Å². The number of piperidine rings is 1. The summed E-state index contributed by atoms with van der Waals surface area (Å²) in [7, 11) is 4.38. The lowest BCUT2D eigenvalue weighted by Crippen LogP contribution is -2.45. The molecular weight excluding hydrogens is 260 g/mol. The predicted molar refractivity (Wildman–Crippen MR) is 89.9 cm³/mol. The summed E-state index contributed by atoms with van der Waals surface area (Å²) in [4.78, 5) is 9.39. The van der Waals surface area contributed by atoms with E-state index in [2.05, 4.69) is 54.1 Å². The Hall–Kier alpha value is -1.13. The summed E-state index contributed by atoms with van der Waals surface area (Å²) in [5.74, 6) is 0. The van der Waals surface area contributed by atoms with E-state index in [1.54, 1.807) is 0 Å². The van der Waals surface area contributed by atoms with Crippen molar-refractivity contribution in [2.45, 2.75) is 45.7 Å². The van der Waals surface area contributed by atoms with Crippen LogP contribution in [0.15, 0.2) is 12.3 Å². The molecule has 1 aromatic heterocycles. The van der Waals surface area contributed by atoms with Crippen molar-refractivity contribution in [3.63, 3.8) is 0 Å². The van der Waals surface area contributed by atoms with Crippen LogP contribution in [0.5, 0.6) is 0 Å². The van der Waals surface area contributed by atoms with Gasteiger partial charge in [-0.3, -0.25) is 4.98 Å². The summed E-state index contributed by atoms with van der Waals surface area (Å²) in [6.45, 7) is 8.55. The molecule has 0 amide bonds.